The number of nitrogens with two attached hydrogens (primary N) is 1. The summed E-state index contributed by atoms with van der Waals surface area (Å²) in [6.07, 6.45) is 1.18. The van der Waals surface area contributed by atoms with Crippen LogP contribution in [0.3, 0.4) is 0 Å². The van der Waals surface area contributed by atoms with Gasteiger partial charge in [0.25, 0.3) is 5.91 Å². The summed E-state index contributed by atoms with van der Waals surface area (Å²) in [4.78, 5) is 13.5. The van der Waals surface area contributed by atoms with Gasteiger partial charge in [-0.1, -0.05) is 11.2 Å². The molecule has 102 valence electrons. The van der Waals surface area contributed by atoms with Gasteiger partial charge in [-0.3, -0.25) is 4.79 Å². The zero-order valence-corrected chi connectivity index (χ0v) is 10.0. The van der Waals surface area contributed by atoms with E-state index in [1.165, 1.54) is 17.0 Å². The molecule has 1 atom stereocenters. The molecule has 0 saturated carbocycles. The zero-order valence-electron chi connectivity index (χ0n) is 10.0. The van der Waals surface area contributed by atoms with E-state index >= 15 is 0 Å². The van der Waals surface area contributed by atoms with Gasteiger partial charge in [-0.05, 0) is 25.0 Å². The normalized spacial score (nSPS) is 19.8. The van der Waals surface area contributed by atoms with Crippen molar-refractivity contribution in [2.45, 2.75) is 18.9 Å². The van der Waals surface area contributed by atoms with E-state index in [4.69, 9.17) is 10.9 Å². The lowest BCUT2D eigenvalue weighted by Crippen LogP contribution is -2.44. The number of carbonyl (C=O) groups is 1. The Morgan fingerprint density at radius 3 is 2.89 bits per heavy atom. The maximum absolute atomic E-state index is 13.6. The molecule has 1 unspecified atom stereocenters. The minimum Gasteiger partial charge on any atom is -0.409 e. The summed E-state index contributed by atoms with van der Waals surface area (Å²) in [5.74, 6) is -3.03. The Bertz CT molecular complexity index is 534. The molecule has 1 aromatic carbocycles. The predicted molar refractivity (Wildman–Crippen MR) is 63.8 cm³/mol. The molecule has 7 heteroatoms. The number of amides is 1. The molecular formula is C12H13F2N3O2. The summed E-state index contributed by atoms with van der Waals surface area (Å²) in [5, 5.41) is 11.5. The first kappa shape index (κ1) is 13.3. The van der Waals surface area contributed by atoms with E-state index in [1.54, 1.807) is 0 Å². The fourth-order valence-electron chi connectivity index (χ4n) is 2.21. The fraction of sp³-hybridized carbons (Fsp3) is 0.333. The van der Waals surface area contributed by atoms with Gasteiger partial charge in [0, 0.05) is 6.54 Å². The first-order valence-electron chi connectivity index (χ1n) is 5.78. The average Bonchev–Trinajstić information content (AvgIpc) is 2.89. The first-order valence-corrected chi connectivity index (χ1v) is 5.78. The van der Waals surface area contributed by atoms with Crippen molar-refractivity contribution in [2.24, 2.45) is 10.9 Å². The fourth-order valence-corrected chi connectivity index (χ4v) is 2.21. The number of hydrogen-bond donors (Lipinski definition) is 2. The van der Waals surface area contributed by atoms with E-state index in [0.717, 1.165) is 6.07 Å². The molecule has 1 saturated heterocycles. The lowest BCUT2D eigenvalue weighted by molar-refractivity contribution is 0.0762. The molecule has 1 aliphatic rings. The number of halogens is 2. The van der Waals surface area contributed by atoms with Crippen LogP contribution in [0.1, 0.15) is 23.2 Å². The van der Waals surface area contributed by atoms with Crippen LogP contribution in [0, 0.1) is 11.6 Å². The van der Waals surface area contributed by atoms with E-state index < -0.39 is 23.6 Å². The molecule has 0 radical (unpaired) electrons. The van der Waals surface area contributed by atoms with E-state index in [9.17, 15) is 13.6 Å². The smallest absolute Gasteiger partial charge is 0.257 e. The second-order valence-electron chi connectivity index (χ2n) is 4.28. The number of likely N-dealkylation sites (tertiary alicyclic amines) is 1. The summed E-state index contributed by atoms with van der Waals surface area (Å²) in [5.41, 5.74) is 5.14. The highest BCUT2D eigenvalue weighted by atomic mass is 19.2. The third-order valence-electron chi connectivity index (χ3n) is 3.15. The highest BCUT2D eigenvalue weighted by Gasteiger charge is 2.33. The lowest BCUT2D eigenvalue weighted by Gasteiger charge is -2.23. The number of rotatable bonds is 2. The summed E-state index contributed by atoms with van der Waals surface area (Å²) in [6, 6.07) is 2.83. The molecule has 1 aliphatic heterocycles. The van der Waals surface area contributed by atoms with Crippen molar-refractivity contribution < 1.29 is 18.8 Å². The number of oxime groups is 1. The summed E-state index contributed by atoms with van der Waals surface area (Å²) in [7, 11) is 0. The highest BCUT2D eigenvalue weighted by molar-refractivity contribution is 5.98. The minimum atomic E-state index is -1.18. The van der Waals surface area contributed by atoms with Gasteiger partial charge < -0.3 is 15.8 Å². The van der Waals surface area contributed by atoms with Crippen LogP contribution in [-0.2, 0) is 0 Å². The Balaban J connectivity index is 2.31. The molecule has 0 spiro atoms. The highest BCUT2D eigenvalue weighted by Crippen LogP contribution is 2.22. The first-order chi connectivity index (χ1) is 9.06. The summed E-state index contributed by atoms with van der Waals surface area (Å²) in [6.45, 7) is 0.357. The molecule has 1 aromatic rings. The Labute approximate surface area is 108 Å². The van der Waals surface area contributed by atoms with Crippen LogP contribution >= 0.6 is 0 Å². The number of carbonyl (C=O) groups excluding carboxylic acids is 1. The molecule has 0 aromatic heterocycles. The largest absolute Gasteiger partial charge is 0.409 e. The summed E-state index contributed by atoms with van der Waals surface area (Å²) >= 11 is 0. The number of amidine groups is 1. The van der Waals surface area contributed by atoms with Crippen molar-refractivity contribution >= 4 is 11.7 Å². The van der Waals surface area contributed by atoms with Crippen LogP contribution in [0.2, 0.25) is 0 Å². The molecule has 1 fully saturated rings. The SMILES string of the molecule is NC(=NO)C1CCCN1C(=O)c1cccc(F)c1F. The molecular weight excluding hydrogens is 256 g/mol. The Hall–Kier alpha value is -2.18. The number of nitrogens with zero attached hydrogens (tertiary/aromatic N) is 2. The monoisotopic (exact) mass is 269 g/mol. The van der Waals surface area contributed by atoms with Gasteiger partial charge >= 0.3 is 0 Å². The average molecular weight is 269 g/mol. The maximum Gasteiger partial charge on any atom is 0.257 e. The lowest BCUT2D eigenvalue weighted by atomic mass is 10.1. The van der Waals surface area contributed by atoms with E-state index in [0.29, 0.717) is 19.4 Å². The number of hydrogen-bond acceptors (Lipinski definition) is 3. The van der Waals surface area contributed by atoms with Crippen molar-refractivity contribution in [1.82, 2.24) is 4.90 Å². The van der Waals surface area contributed by atoms with Crippen LogP contribution < -0.4 is 5.73 Å². The molecule has 2 rings (SSSR count). The van der Waals surface area contributed by atoms with Crippen molar-refractivity contribution in [2.75, 3.05) is 6.54 Å². The van der Waals surface area contributed by atoms with Gasteiger partial charge in [-0.15, -0.1) is 0 Å². The van der Waals surface area contributed by atoms with Crippen molar-refractivity contribution in [3.05, 3.63) is 35.4 Å². The van der Waals surface area contributed by atoms with Crippen LogP contribution in [0.5, 0.6) is 0 Å². The van der Waals surface area contributed by atoms with Gasteiger partial charge in [0.1, 0.15) is 0 Å². The minimum absolute atomic E-state index is 0.109. The van der Waals surface area contributed by atoms with Gasteiger partial charge in [-0.2, -0.15) is 0 Å². The van der Waals surface area contributed by atoms with Crippen LogP contribution in [0.25, 0.3) is 0 Å². The van der Waals surface area contributed by atoms with Gasteiger partial charge in [-0.25, -0.2) is 8.78 Å². The van der Waals surface area contributed by atoms with Gasteiger partial charge in [0.05, 0.1) is 11.6 Å². The van der Waals surface area contributed by atoms with Crippen molar-refractivity contribution in [1.29, 1.82) is 0 Å². The molecule has 1 amide bonds. The Kier molecular flexibility index (Phi) is 3.64. The van der Waals surface area contributed by atoms with Crippen molar-refractivity contribution in [3.63, 3.8) is 0 Å². The van der Waals surface area contributed by atoms with E-state index in [2.05, 4.69) is 5.16 Å². The third-order valence-corrected chi connectivity index (χ3v) is 3.15. The van der Waals surface area contributed by atoms with Crippen molar-refractivity contribution in [3.8, 4) is 0 Å². The van der Waals surface area contributed by atoms with Gasteiger partial charge in [0.15, 0.2) is 17.5 Å². The number of benzene rings is 1. The van der Waals surface area contributed by atoms with E-state index in [-0.39, 0.29) is 11.4 Å². The second kappa shape index (κ2) is 5.21. The standard InChI is InChI=1S/C12H13F2N3O2/c13-8-4-1-3-7(10(8)14)12(18)17-6-2-5-9(17)11(15)16-19/h1,3-4,9,19H,2,5-6H2,(H2,15,16). The van der Waals surface area contributed by atoms with Crippen LogP contribution in [-0.4, -0.2) is 34.4 Å². The maximum atomic E-state index is 13.6. The molecule has 1 heterocycles. The molecule has 0 bridgehead atoms. The Morgan fingerprint density at radius 1 is 1.47 bits per heavy atom. The molecule has 5 nitrogen and oxygen atoms in total. The summed E-state index contributed by atoms with van der Waals surface area (Å²) < 4.78 is 26.7. The predicted octanol–water partition coefficient (Wildman–Crippen LogP) is 1.32. The molecule has 3 N–H and O–H groups in total. The van der Waals surface area contributed by atoms with E-state index in [1.807, 2.05) is 0 Å². The topological polar surface area (TPSA) is 78.9 Å². The Morgan fingerprint density at radius 2 is 2.21 bits per heavy atom. The second-order valence-corrected chi connectivity index (χ2v) is 4.28. The van der Waals surface area contributed by atoms with Crippen LogP contribution in [0.4, 0.5) is 8.78 Å². The quantitative estimate of drug-likeness (QED) is 0.368. The zero-order chi connectivity index (χ0) is 14.0. The molecule has 0 aliphatic carbocycles. The van der Waals surface area contributed by atoms with Crippen LogP contribution in [0.15, 0.2) is 23.4 Å². The molecule has 19 heavy (non-hydrogen) atoms. The third kappa shape index (κ3) is 2.35. The van der Waals surface area contributed by atoms with Gasteiger partial charge in [0.2, 0.25) is 0 Å².